The number of hydrogen-bond donors (Lipinski definition) is 0. The zero-order valence-electron chi connectivity index (χ0n) is 14.6. The molecule has 1 atom stereocenters. The van der Waals surface area contributed by atoms with Crippen LogP contribution in [-0.2, 0) is 4.79 Å². The van der Waals surface area contributed by atoms with Crippen LogP contribution in [0.5, 0.6) is 0 Å². The van der Waals surface area contributed by atoms with Crippen molar-refractivity contribution in [3.8, 4) is 0 Å². The van der Waals surface area contributed by atoms with Gasteiger partial charge in [0, 0.05) is 44.6 Å². The monoisotopic (exact) mass is 349 g/mol. The van der Waals surface area contributed by atoms with Gasteiger partial charge in [0.05, 0.1) is 11.6 Å². The van der Waals surface area contributed by atoms with Gasteiger partial charge in [-0.3, -0.25) is 14.5 Å². The molecular formula is C18H27N3O2S. The Balaban J connectivity index is 1.50. The van der Waals surface area contributed by atoms with Crippen molar-refractivity contribution in [1.29, 1.82) is 0 Å². The second-order valence-corrected chi connectivity index (χ2v) is 7.93. The molecule has 1 aromatic rings. The van der Waals surface area contributed by atoms with E-state index < -0.39 is 0 Å². The van der Waals surface area contributed by atoms with Crippen LogP contribution in [0, 0.1) is 5.92 Å². The molecule has 1 unspecified atom stereocenters. The SMILES string of the molecule is CC(C)CCN1CCC(N2CCN(C(=O)c3ccsc3)CC2)C1=O. The van der Waals surface area contributed by atoms with E-state index in [-0.39, 0.29) is 17.9 Å². The molecule has 132 valence electrons. The summed E-state index contributed by atoms with van der Waals surface area (Å²) in [4.78, 5) is 31.2. The smallest absolute Gasteiger partial charge is 0.254 e. The molecule has 0 spiro atoms. The second-order valence-electron chi connectivity index (χ2n) is 7.15. The van der Waals surface area contributed by atoms with Crippen LogP contribution < -0.4 is 0 Å². The van der Waals surface area contributed by atoms with Crippen molar-refractivity contribution in [2.45, 2.75) is 32.7 Å². The molecule has 0 bridgehead atoms. The van der Waals surface area contributed by atoms with Crippen LogP contribution in [0.3, 0.4) is 0 Å². The van der Waals surface area contributed by atoms with Gasteiger partial charge in [-0.15, -0.1) is 0 Å². The predicted molar refractivity (Wildman–Crippen MR) is 96.2 cm³/mol. The van der Waals surface area contributed by atoms with Gasteiger partial charge < -0.3 is 9.80 Å². The summed E-state index contributed by atoms with van der Waals surface area (Å²) in [7, 11) is 0. The van der Waals surface area contributed by atoms with Gasteiger partial charge in [-0.05, 0) is 30.2 Å². The highest BCUT2D eigenvalue weighted by molar-refractivity contribution is 7.08. The van der Waals surface area contributed by atoms with Crippen LogP contribution in [0.25, 0.3) is 0 Å². The van der Waals surface area contributed by atoms with Gasteiger partial charge in [0.2, 0.25) is 5.91 Å². The van der Waals surface area contributed by atoms with Gasteiger partial charge in [0.25, 0.3) is 5.91 Å². The van der Waals surface area contributed by atoms with Gasteiger partial charge >= 0.3 is 0 Å². The standard InChI is InChI=1S/C18H27N3O2S/c1-14(2)3-6-20-7-4-16(18(20)23)19-8-10-21(11-9-19)17(22)15-5-12-24-13-15/h5,12-14,16H,3-4,6-11H2,1-2H3. The number of rotatable bonds is 5. The van der Waals surface area contributed by atoms with Crippen molar-refractivity contribution in [2.75, 3.05) is 39.3 Å². The lowest BCUT2D eigenvalue weighted by Gasteiger charge is -2.37. The lowest BCUT2D eigenvalue weighted by molar-refractivity contribution is -0.132. The number of thiophene rings is 1. The number of carbonyl (C=O) groups is 2. The molecule has 0 aliphatic carbocycles. The van der Waals surface area contributed by atoms with Crippen LogP contribution in [0.4, 0.5) is 0 Å². The molecule has 1 aromatic heterocycles. The third kappa shape index (κ3) is 3.81. The molecular weight excluding hydrogens is 322 g/mol. The first kappa shape index (κ1) is 17.4. The van der Waals surface area contributed by atoms with E-state index in [1.165, 1.54) is 0 Å². The third-order valence-corrected chi connectivity index (χ3v) is 5.74. The fourth-order valence-electron chi connectivity index (χ4n) is 3.50. The number of carbonyl (C=O) groups excluding carboxylic acids is 2. The molecule has 2 amide bonds. The minimum absolute atomic E-state index is 0.0237. The van der Waals surface area contributed by atoms with Crippen molar-refractivity contribution in [3.05, 3.63) is 22.4 Å². The highest BCUT2D eigenvalue weighted by Crippen LogP contribution is 2.21. The van der Waals surface area contributed by atoms with Gasteiger partial charge in [-0.1, -0.05) is 13.8 Å². The molecule has 2 saturated heterocycles. The first-order valence-electron chi connectivity index (χ1n) is 8.90. The number of hydrogen-bond acceptors (Lipinski definition) is 4. The van der Waals surface area contributed by atoms with E-state index in [0.717, 1.165) is 44.6 Å². The maximum atomic E-state index is 12.6. The largest absolute Gasteiger partial charge is 0.341 e. The molecule has 2 aliphatic heterocycles. The molecule has 0 aromatic carbocycles. The average molecular weight is 350 g/mol. The van der Waals surface area contributed by atoms with Crippen LogP contribution in [-0.4, -0.2) is 71.8 Å². The summed E-state index contributed by atoms with van der Waals surface area (Å²) in [5.74, 6) is 1.03. The molecule has 2 fully saturated rings. The van der Waals surface area contributed by atoms with Crippen molar-refractivity contribution in [1.82, 2.24) is 14.7 Å². The Morgan fingerprint density at radius 1 is 1.25 bits per heavy atom. The summed E-state index contributed by atoms with van der Waals surface area (Å²) in [5.41, 5.74) is 0.783. The van der Waals surface area contributed by atoms with E-state index in [1.807, 2.05) is 26.6 Å². The number of likely N-dealkylation sites (tertiary alicyclic amines) is 1. The van der Waals surface area contributed by atoms with Gasteiger partial charge in [-0.2, -0.15) is 11.3 Å². The van der Waals surface area contributed by atoms with E-state index in [9.17, 15) is 9.59 Å². The Hall–Kier alpha value is -1.40. The van der Waals surface area contributed by atoms with Crippen LogP contribution >= 0.6 is 11.3 Å². The molecule has 3 heterocycles. The van der Waals surface area contributed by atoms with Gasteiger partial charge in [-0.25, -0.2) is 0 Å². The van der Waals surface area contributed by atoms with Crippen LogP contribution in [0.15, 0.2) is 16.8 Å². The summed E-state index contributed by atoms with van der Waals surface area (Å²) < 4.78 is 0. The number of amides is 2. The number of piperazine rings is 1. The lowest BCUT2D eigenvalue weighted by atomic mass is 10.1. The first-order valence-corrected chi connectivity index (χ1v) is 9.85. The average Bonchev–Trinajstić information content (AvgIpc) is 3.22. The lowest BCUT2D eigenvalue weighted by Crippen LogP contribution is -2.53. The molecule has 2 aliphatic rings. The quantitative estimate of drug-likeness (QED) is 0.818. The molecule has 5 nitrogen and oxygen atoms in total. The minimum Gasteiger partial charge on any atom is -0.341 e. The summed E-state index contributed by atoms with van der Waals surface area (Å²) in [6.07, 6.45) is 2.00. The van der Waals surface area contributed by atoms with E-state index in [4.69, 9.17) is 0 Å². The Labute approximate surface area is 148 Å². The van der Waals surface area contributed by atoms with E-state index >= 15 is 0 Å². The van der Waals surface area contributed by atoms with E-state index in [0.29, 0.717) is 19.0 Å². The maximum Gasteiger partial charge on any atom is 0.254 e. The predicted octanol–water partition coefficient (Wildman–Crippen LogP) is 2.15. The number of nitrogens with zero attached hydrogens (tertiary/aromatic N) is 3. The summed E-state index contributed by atoms with van der Waals surface area (Å²) in [5, 5.41) is 3.84. The van der Waals surface area contributed by atoms with Gasteiger partial charge in [0.1, 0.15) is 0 Å². The second kappa shape index (κ2) is 7.66. The first-order chi connectivity index (χ1) is 11.6. The summed E-state index contributed by atoms with van der Waals surface area (Å²) >= 11 is 1.55. The highest BCUT2D eigenvalue weighted by atomic mass is 32.1. The topological polar surface area (TPSA) is 43.9 Å². The van der Waals surface area contributed by atoms with Gasteiger partial charge in [0.15, 0.2) is 0 Å². The van der Waals surface area contributed by atoms with E-state index in [2.05, 4.69) is 18.7 Å². The summed E-state index contributed by atoms with van der Waals surface area (Å²) in [6.45, 7) is 9.17. The van der Waals surface area contributed by atoms with Crippen molar-refractivity contribution in [3.63, 3.8) is 0 Å². The zero-order chi connectivity index (χ0) is 17.1. The fraction of sp³-hybridized carbons (Fsp3) is 0.667. The van der Waals surface area contributed by atoms with Crippen molar-refractivity contribution >= 4 is 23.2 Å². The normalized spacial score (nSPS) is 22.6. The Kier molecular flexibility index (Phi) is 5.56. The fourth-order valence-corrected chi connectivity index (χ4v) is 4.13. The Morgan fingerprint density at radius 3 is 2.62 bits per heavy atom. The highest BCUT2D eigenvalue weighted by Gasteiger charge is 2.37. The maximum absolute atomic E-state index is 12.6. The minimum atomic E-state index is 0.0237. The van der Waals surface area contributed by atoms with Crippen LogP contribution in [0.1, 0.15) is 37.0 Å². The zero-order valence-corrected chi connectivity index (χ0v) is 15.4. The molecule has 3 rings (SSSR count). The molecule has 24 heavy (non-hydrogen) atoms. The molecule has 0 saturated carbocycles. The Morgan fingerprint density at radius 2 is 2.00 bits per heavy atom. The van der Waals surface area contributed by atoms with E-state index in [1.54, 1.807) is 11.3 Å². The Bertz CT molecular complexity index is 565. The molecule has 0 radical (unpaired) electrons. The van der Waals surface area contributed by atoms with Crippen LogP contribution in [0.2, 0.25) is 0 Å². The third-order valence-electron chi connectivity index (χ3n) is 5.06. The molecule has 6 heteroatoms. The van der Waals surface area contributed by atoms with Crippen molar-refractivity contribution in [2.24, 2.45) is 5.92 Å². The van der Waals surface area contributed by atoms with Crippen molar-refractivity contribution < 1.29 is 9.59 Å². The molecule has 0 N–H and O–H groups in total. The summed E-state index contributed by atoms with van der Waals surface area (Å²) in [6, 6.07) is 1.91.